The number of pyridine rings is 1. The highest BCUT2D eigenvalue weighted by Gasteiger charge is 2.14. The van der Waals surface area contributed by atoms with Crippen molar-refractivity contribution in [2.45, 2.75) is 0 Å². The van der Waals surface area contributed by atoms with Gasteiger partial charge < -0.3 is 15.1 Å². The lowest BCUT2D eigenvalue weighted by molar-refractivity contribution is 0.0963. The normalized spacial score (nSPS) is 10.1. The van der Waals surface area contributed by atoms with Crippen LogP contribution in [0.25, 0.3) is 0 Å². The number of hydrogen-bond acceptors (Lipinski definition) is 4. The van der Waals surface area contributed by atoms with Gasteiger partial charge in [0, 0.05) is 46.1 Å². The number of anilines is 2. The third kappa shape index (κ3) is 3.75. The third-order valence-corrected chi connectivity index (χ3v) is 3.59. The van der Waals surface area contributed by atoms with Crippen LogP contribution in [0.5, 0.6) is 0 Å². The van der Waals surface area contributed by atoms with Gasteiger partial charge in [0.15, 0.2) is 0 Å². The fourth-order valence-electron chi connectivity index (χ4n) is 2.23. The van der Waals surface area contributed by atoms with E-state index >= 15 is 0 Å². The lowest BCUT2D eigenvalue weighted by atomic mass is 10.2. The standard InChI is InChI=1S/C17H22N4O/c1-18-17(22)15-10-7-11-19-16(15)21(3)13-12-20(2)14-8-5-4-6-9-14/h4-11H,12-13H2,1-3H3,(H,18,22). The first-order valence-electron chi connectivity index (χ1n) is 7.28. The summed E-state index contributed by atoms with van der Waals surface area (Å²) in [4.78, 5) is 20.4. The number of rotatable bonds is 6. The van der Waals surface area contributed by atoms with Crippen LogP contribution in [0.4, 0.5) is 11.5 Å². The molecular formula is C17H22N4O. The van der Waals surface area contributed by atoms with Crippen LogP contribution in [0.1, 0.15) is 10.4 Å². The van der Waals surface area contributed by atoms with Gasteiger partial charge in [-0.1, -0.05) is 18.2 Å². The molecular weight excluding hydrogens is 276 g/mol. The minimum atomic E-state index is -0.119. The molecule has 0 unspecified atom stereocenters. The van der Waals surface area contributed by atoms with Crippen molar-refractivity contribution >= 4 is 17.4 Å². The second-order valence-corrected chi connectivity index (χ2v) is 5.13. The zero-order valence-electron chi connectivity index (χ0n) is 13.3. The van der Waals surface area contributed by atoms with Crippen LogP contribution in [0, 0.1) is 0 Å². The van der Waals surface area contributed by atoms with Gasteiger partial charge >= 0.3 is 0 Å². The van der Waals surface area contributed by atoms with Gasteiger partial charge in [0.1, 0.15) is 5.82 Å². The Morgan fingerprint density at radius 3 is 2.41 bits per heavy atom. The molecule has 0 spiro atoms. The number of amides is 1. The van der Waals surface area contributed by atoms with Crippen molar-refractivity contribution in [3.05, 3.63) is 54.2 Å². The molecule has 0 bridgehead atoms. The summed E-state index contributed by atoms with van der Waals surface area (Å²) >= 11 is 0. The zero-order chi connectivity index (χ0) is 15.9. The molecule has 0 aliphatic rings. The van der Waals surface area contributed by atoms with E-state index in [1.165, 1.54) is 5.69 Å². The molecule has 1 heterocycles. The lowest BCUT2D eigenvalue weighted by Crippen LogP contribution is -2.32. The maximum Gasteiger partial charge on any atom is 0.254 e. The summed E-state index contributed by atoms with van der Waals surface area (Å²) in [5, 5.41) is 2.65. The van der Waals surface area contributed by atoms with E-state index in [9.17, 15) is 4.79 Å². The van der Waals surface area contributed by atoms with Crippen LogP contribution in [0.15, 0.2) is 48.7 Å². The number of carbonyl (C=O) groups is 1. The Morgan fingerprint density at radius 2 is 1.73 bits per heavy atom. The van der Waals surface area contributed by atoms with Crippen molar-refractivity contribution in [3.63, 3.8) is 0 Å². The summed E-state index contributed by atoms with van der Waals surface area (Å²) < 4.78 is 0. The Kier molecular flexibility index (Phi) is 5.36. The predicted molar refractivity (Wildman–Crippen MR) is 90.6 cm³/mol. The molecule has 1 amide bonds. The molecule has 0 aliphatic carbocycles. The van der Waals surface area contributed by atoms with Crippen molar-refractivity contribution in [3.8, 4) is 0 Å². The molecule has 0 saturated heterocycles. The number of nitrogens with one attached hydrogen (secondary N) is 1. The predicted octanol–water partition coefficient (Wildman–Crippen LogP) is 2.01. The highest BCUT2D eigenvalue weighted by molar-refractivity contribution is 5.98. The van der Waals surface area contributed by atoms with Gasteiger partial charge in [-0.05, 0) is 24.3 Å². The molecule has 0 radical (unpaired) electrons. The van der Waals surface area contributed by atoms with E-state index in [-0.39, 0.29) is 5.91 Å². The molecule has 5 nitrogen and oxygen atoms in total. The number of para-hydroxylation sites is 1. The smallest absolute Gasteiger partial charge is 0.254 e. The molecule has 2 aromatic rings. The van der Waals surface area contributed by atoms with Crippen LogP contribution < -0.4 is 15.1 Å². The van der Waals surface area contributed by atoms with Crippen molar-refractivity contribution in [1.29, 1.82) is 0 Å². The van der Waals surface area contributed by atoms with Gasteiger partial charge in [-0.2, -0.15) is 0 Å². The molecule has 1 aromatic heterocycles. The number of benzene rings is 1. The average Bonchev–Trinajstić information content (AvgIpc) is 2.59. The van der Waals surface area contributed by atoms with Gasteiger partial charge in [0.05, 0.1) is 5.56 Å². The molecule has 1 aromatic carbocycles. The SMILES string of the molecule is CNC(=O)c1cccnc1N(C)CCN(C)c1ccccc1. The van der Waals surface area contributed by atoms with Gasteiger partial charge in [0.25, 0.3) is 5.91 Å². The van der Waals surface area contributed by atoms with Crippen LogP contribution in [-0.4, -0.2) is 45.1 Å². The molecule has 116 valence electrons. The highest BCUT2D eigenvalue weighted by Crippen LogP contribution is 2.16. The second kappa shape index (κ2) is 7.45. The zero-order valence-corrected chi connectivity index (χ0v) is 13.3. The lowest BCUT2D eigenvalue weighted by Gasteiger charge is -2.25. The molecule has 22 heavy (non-hydrogen) atoms. The molecule has 2 rings (SSSR count). The van der Waals surface area contributed by atoms with Crippen molar-refractivity contribution in [2.75, 3.05) is 44.0 Å². The average molecular weight is 298 g/mol. The topological polar surface area (TPSA) is 48.5 Å². The highest BCUT2D eigenvalue weighted by atomic mass is 16.1. The first-order chi connectivity index (χ1) is 10.6. The molecule has 0 saturated carbocycles. The van der Waals surface area contributed by atoms with E-state index in [0.29, 0.717) is 11.4 Å². The Balaban J connectivity index is 2.04. The van der Waals surface area contributed by atoms with Gasteiger partial charge in [-0.25, -0.2) is 4.98 Å². The van der Waals surface area contributed by atoms with Gasteiger partial charge in [-0.15, -0.1) is 0 Å². The number of aromatic nitrogens is 1. The largest absolute Gasteiger partial charge is 0.373 e. The summed E-state index contributed by atoms with van der Waals surface area (Å²) in [6, 6.07) is 13.8. The maximum atomic E-state index is 11.9. The van der Waals surface area contributed by atoms with E-state index < -0.39 is 0 Å². The summed E-state index contributed by atoms with van der Waals surface area (Å²) in [7, 11) is 5.64. The first-order valence-corrected chi connectivity index (χ1v) is 7.28. The molecule has 1 N–H and O–H groups in total. The Bertz CT molecular complexity index is 615. The third-order valence-electron chi connectivity index (χ3n) is 3.59. The van der Waals surface area contributed by atoms with Crippen LogP contribution in [-0.2, 0) is 0 Å². The number of nitrogens with zero attached hydrogens (tertiary/aromatic N) is 3. The molecule has 0 fully saturated rings. The van der Waals surface area contributed by atoms with Crippen LogP contribution >= 0.6 is 0 Å². The van der Waals surface area contributed by atoms with E-state index in [1.807, 2.05) is 30.1 Å². The van der Waals surface area contributed by atoms with Gasteiger partial charge in [0.2, 0.25) is 0 Å². The number of hydrogen-bond donors (Lipinski definition) is 1. The first kappa shape index (κ1) is 15.8. The Morgan fingerprint density at radius 1 is 1.05 bits per heavy atom. The minimum absolute atomic E-state index is 0.119. The quantitative estimate of drug-likeness (QED) is 0.886. The van der Waals surface area contributed by atoms with Crippen molar-refractivity contribution < 1.29 is 4.79 Å². The Hall–Kier alpha value is -2.56. The van der Waals surface area contributed by atoms with E-state index in [0.717, 1.165) is 13.1 Å². The van der Waals surface area contributed by atoms with Crippen molar-refractivity contribution in [2.24, 2.45) is 0 Å². The van der Waals surface area contributed by atoms with Crippen LogP contribution in [0.2, 0.25) is 0 Å². The monoisotopic (exact) mass is 298 g/mol. The summed E-state index contributed by atoms with van der Waals surface area (Å²) in [6.07, 6.45) is 1.71. The summed E-state index contributed by atoms with van der Waals surface area (Å²) in [5.74, 6) is 0.578. The number of likely N-dealkylation sites (N-methyl/N-ethyl adjacent to an activating group) is 2. The molecule has 0 atom stereocenters. The maximum absolute atomic E-state index is 11.9. The summed E-state index contributed by atoms with van der Waals surface area (Å²) in [5.41, 5.74) is 1.76. The van der Waals surface area contributed by atoms with E-state index in [1.54, 1.807) is 25.4 Å². The van der Waals surface area contributed by atoms with Gasteiger partial charge in [-0.3, -0.25) is 4.79 Å². The Labute approximate surface area is 131 Å². The fraction of sp³-hybridized carbons (Fsp3) is 0.294. The molecule has 5 heteroatoms. The van der Waals surface area contributed by atoms with Crippen LogP contribution in [0.3, 0.4) is 0 Å². The molecule has 0 aliphatic heterocycles. The second-order valence-electron chi connectivity index (χ2n) is 5.13. The van der Waals surface area contributed by atoms with Crippen molar-refractivity contribution in [1.82, 2.24) is 10.3 Å². The fourth-order valence-corrected chi connectivity index (χ4v) is 2.23. The van der Waals surface area contributed by atoms with E-state index in [4.69, 9.17) is 0 Å². The summed E-state index contributed by atoms with van der Waals surface area (Å²) in [6.45, 7) is 1.61. The number of carbonyl (C=O) groups excluding carboxylic acids is 1. The van der Waals surface area contributed by atoms with E-state index in [2.05, 4.69) is 34.4 Å². The minimum Gasteiger partial charge on any atom is -0.373 e.